The van der Waals surface area contributed by atoms with Crippen LogP contribution < -0.4 is 0 Å². The Kier molecular flexibility index (Phi) is 3.90. The monoisotopic (exact) mass is 258 g/mol. The van der Waals surface area contributed by atoms with Crippen molar-refractivity contribution in [3.05, 3.63) is 11.7 Å². The van der Waals surface area contributed by atoms with E-state index in [-0.39, 0.29) is 0 Å². The Bertz CT molecular complexity index is 307. The number of halogens is 8. The van der Waals surface area contributed by atoms with E-state index >= 15 is 0 Å². The van der Waals surface area contributed by atoms with Crippen LogP contribution in [0.3, 0.4) is 0 Å². The molecule has 0 aromatic heterocycles. The summed E-state index contributed by atoms with van der Waals surface area (Å²) in [5.74, 6) is -7.34. The molecule has 0 amide bonds. The smallest absolute Gasteiger partial charge is 0.419 e. The van der Waals surface area contributed by atoms with E-state index in [0.717, 1.165) is 0 Å². The van der Waals surface area contributed by atoms with Gasteiger partial charge in [0, 0.05) is 0 Å². The van der Waals surface area contributed by atoms with Gasteiger partial charge in [0.05, 0.1) is 0 Å². The number of alkyl halides is 6. The molecule has 10 heteroatoms. The fourth-order valence-corrected chi connectivity index (χ4v) is 0.807. The second-order valence-electron chi connectivity index (χ2n) is 2.48. The lowest BCUT2D eigenvalue weighted by molar-refractivity contribution is -0.201. The number of carbonyl (C=O) groups is 1. The first-order valence-electron chi connectivity index (χ1n) is 3.31. The molecule has 0 fully saturated rings. The average Bonchev–Trinajstić information content (AvgIpc) is 1.92. The van der Waals surface area contributed by atoms with E-state index < -0.39 is 35.9 Å². The zero-order valence-electron chi connectivity index (χ0n) is 6.96. The van der Waals surface area contributed by atoms with Crippen molar-refractivity contribution in [2.75, 3.05) is 0 Å². The van der Waals surface area contributed by atoms with Gasteiger partial charge in [-0.1, -0.05) is 0 Å². The van der Waals surface area contributed by atoms with Crippen LogP contribution in [0.4, 0.5) is 35.1 Å². The van der Waals surface area contributed by atoms with Crippen LogP contribution in [0, 0.1) is 5.92 Å². The molecule has 0 saturated heterocycles. The van der Waals surface area contributed by atoms with Crippen molar-refractivity contribution in [3.63, 3.8) is 0 Å². The molecular weight excluding hydrogens is 256 g/mol. The Morgan fingerprint density at radius 2 is 1.38 bits per heavy atom. The summed E-state index contributed by atoms with van der Waals surface area (Å²) in [6.07, 6.45) is -15.8. The fraction of sp³-hybridized carbons (Fsp3) is 0.500. The van der Waals surface area contributed by atoms with E-state index in [4.69, 9.17) is 5.11 Å². The van der Waals surface area contributed by atoms with Gasteiger partial charge in [0.1, 0.15) is 5.57 Å². The van der Waals surface area contributed by atoms with Gasteiger partial charge < -0.3 is 5.11 Å². The Morgan fingerprint density at radius 3 is 1.44 bits per heavy atom. The summed E-state index contributed by atoms with van der Waals surface area (Å²) in [5.41, 5.74) is -3.41. The molecule has 0 aliphatic heterocycles. The second kappa shape index (κ2) is 4.26. The highest BCUT2D eigenvalue weighted by atomic mass is 19.4. The van der Waals surface area contributed by atoms with Crippen molar-refractivity contribution < 1.29 is 45.0 Å². The third kappa shape index (κ3) is 3.35. The fourth-order valence-electron chi connectivity index (χ4n) is 0.807. The predicted molar refractivity (Wildman–Crippen MR) is 32.5 cm³/mol. The highest BCUT2D eigenvalue weighted by Crippen LogP contribution is 2.42. The summed E-state index contributed by atoms with van der Waals surface area (Å²) in [4.78, 5) is 9.95. The second-order valence-corrected chi connectivity index (χ2v) is 2.48. The van der Waals surface area contributed by atoms with Crippen LogP contribution in [0.2, 0.25) is 0 Å². The molecule has 1 unspecified atom stereocenters. The highest BCUT2D eigenvalue weighted by molar-refractivity contribution is 5.75. The van der Waals surface area contributed by atoms with Gasteiger partial charge in [-0.05, 0) is 0 Å². The van der Waals surface area contributed by atoms with Crippen molar-refractivity contribution in [2.45, 2.75) is 12.4 Å². The van der Waals surface area contributed by atoms with Gasteiger partial charge in [-0.25, -0.2) is 0 Å². The van der Waals surface area contributed by atoms with E-state index in [9.17, 15) is 39.9 Å². The molecule has 94 valence electrons. The largest absolute Gasteiger partial charge is 0.481 e. The van der Waals surface area contributed by atoms with Crippen molar-refractivity contribution in [1.29, 1.82) is 0 Å². The van der Waals surface area contributed by atoms with Crippen LogP contribution in [0.15, 0.2) is 11.7 Å². The van der Waals surface area contributed by atoms with E-state index in [2.05, 4.69) is 0 Å². The first-order chi connectivity index (χ1) is 6.89. The lowest BCUT2D eigenvalue weighted by Crippen LogP contribution is -2.37. The summed E-state index contributed by atoms with van der Waals surface area (Å²) < 4.78 is 94.5. The molecule has 0 aliphatic carbocycles. The summed E-state index contributed by atoms with van der Waals surface area (Å²) in [5, 5.41) is 7.90. The number of rotatable bonds is 2. The highest BCUT2D eigenvalue weighted by Gasteiger charge is 2.57. The molecule has 0 aromatic carbocycles. The summed E-state index contributed by atoms with van der Waals surface area (Å²) in [6.45, 7) is 0. The summed E-state index contributed by atoms with van der Waals surface area (Å²) in [6, 6.07) is 0. The minimum absolute atomic E-state index is 3.05. The van der Waals surface area contributed by atoms with Gasteiger partial charge in [-0.3, -0.25) is 4.79 Å². The molecule has 0 bridgehead atoms. The predicted octanol–water partition coefficient (Wildman–Crippen LogP) is 2.96. The SMILES string of the molecule is O=C(O)C(C(=C(F)F)C(F)(F)F)C(F)(F)F. The maximum Gasteiger partial charge on any atom is 0.419 e. The number of carboxylic acids is 1. The van der Waals surface area contributed by atoms with Crippen LogP contribution in [-0.4, -0.2) is 23.4 Å². The summed E-state index contributed by atoms with van der Waals surface area (Å²) >= 11 is 0. The molecule has 0 spiro atoms. The molecule has 0 radical (unpaired) electrons. The molecule has 1 atom stereocenters. The number of aliphatic carboxylic acids is 1. The molecule has 2 nitrogen and oxygen atoms in total. The molecule has 0 heterocycles. The Balaban J connectivity index is 5.70. The molecule has 0 rings (SSSR count). The lowest BCUT2D eigenvalue weighted by atomic mass is 9.99. The third-order valence-electron chi connectivity index (χ3n) is 1.37. The van der Waals surface area contributed by atoms with Gasteiger partial charge in [-0.2, -0.15) is 35.1 Å². The quantitative estimate of drug-likeness (QED) is 0.773. The Labute approximate surface area is 82.2 Å². The molecule has 1 N–H and O–H groups in total. The standard InChI is InChI=1S/C6H2F8O2/c7-3(8)1(5(9,10)11)2(4(15)16)6(12,13)14/h2H,(H,15,16). The van der Waals surface area contributed by atoms with Crippen molar-refractivity contribution >= 4 is 5.97 Å². The van der Waals surface area contributed by atoms with Gasteiger partial charge in [0.15, 0.2) is 5.92 Å². The molecule has 0 aromatic rings. The third-order valence-corrected chi connectivity index (χ3v) is 1.37. The Hall–Kier alpha value is -1.35. The minimum Gasteiger partial charge on any atom is -0.481 e. The van der Waals surface area contributed by atoms with Crippen molar-refractivity contribution in [3.8, 4) is 0 Å². The van der Waals surface area contributed by atoms with E-state index in [1.165, 1.54) is 0 Å². The van der Waals surface area contributed by atoms with E-state index in [0.29, 0.717) is 0 Å². The molecule has 16 heavy (non-hydrogen) atoms. The normalized spacial score (nSPS) is 14.5. The van der Waals surface area contributed by atoms with Gasteiger partial charge in [-0.15, -0.1) is 0 Å². The number of carboxylic acid groups (broad SMARTS) is 1. The van der Waals surface area contributed by atoms with Crippen LogP contribution in [0.1, 0.15) is 0 Å². The van der Waals surface area contributed by atoms with Gasteiger partial charge in [0.25, 0.3) is 6.08 Å². The minimum atomic E-state index is -6.07. The van der Waals surface area contributed by atoms with Gasteiger partial charge >= 0.3 is 18.3 Å². The number of hydrogen-bond donors (Lipinski definition) is 1. The van der Waals surface area contributed by atoms with Crippen molar-refractivity contribution in [2.24, 2.45) is 5.92 Å². The van der Waals surface area contributed by atoms with E-state index in [1.54, 1.807) is 0 Å². The summed E-state index contributed by atoms with van der Waals surface area (Å²) in [7, 11) is 0. The van der Waals surface area contributed by atoms with E-state index in [1.807, 2.05) is 0 Å². The zero-order valence-corrected chi connectivity index (χ0v) is 6.96. The van der Waals surface area contributed by atoms with Crippen LogP contribution in [0.25, 0.3) is 0 Å². The number of hydrogen-bond acceptors (Lipinski definition) is 1. The van der Waals surface area contributed by atoms with Crippen LogP contribution in [-0.2, 0) is 4.79 Å². The maximum atomic E-state index is 11.9. The average molecular weight is 258 g/mol. The first-order valence-corrected chi connectivity index (χ1v) is 3.31. The van der Waals surface area contributed by atoms with Crippen LogP contribution >= 0.6 is 0 Å². The maximum absolute atomic E-state index is 11.9. The van der Waals surface area contributed by atoms with Crippen molar-refractivity contribution in [1.82, 2.24) is 0 Å². The van der Waals surface area contributed by atoms with Crippen LogP contribution in [0.5, 0.6) is 0 Å². The topological polar surface area (TPSA) is 37.3 Å². The zero-order chi connectivity index (χ0) is 13.3. The Morgan fingerprint density at radius 1 is 1.00 bits per heavy atom. The lowest BCUT2D eigenvalue weighted by Gasteiger charge is -2.20. The molecule has 0 saturated carbocycles. The molecule has 0 aliphatic rings. The first kappa shape index (κ1) is 14.7. The molecular formula is C6H2F8O2. The van der Waals surface area contributed by atoms with Gasteiger partial charge in [0.2, 0.25) is 0 Å².